The lowest BCUT2D eigenvalue weighted by atomic mass is 10.2. The number of rotatable bonds is 6. The minimum Gasteiger partial charge on any atom is -0.156 e. The Morgan fingerprint density at radius 1 is 1.09 bits per heavy atom. The van der Waals surface area contributed by atoms with Gasteiger partial charge in [-0.05, 0) is 12.8 Å². The van der Waals surface area contributed by atoms with E-state index >= 15 is 0 Å². The Morgan fingerprint density at radius 3 is 2.18 bits per heavy atom. The molecule has 0 saturated carbocycles. The van der Waals surface area contributed by atoms with Crippen LogP contribution in [0.4, 0.5) is 0 Å². The van der Waals surface area contributed by atoms with Gasteiger partial charge in [-0.1, -0.05) is 40.5 Å². The van der Waals surface area contributed by atoms with Crippen LogP contribution in [-0.4, -0.2) is 10.5 Å². The van der Waals surface area contributed by atoms with Crippen molar-refractivity contribution in [1.82, 2.24) is 0 Å². The van der Waals surface area contributed by atoms with E-state index in [2.05, 4.69) is 39.5 Å². The van der Waals surface area contributed by atoms with Crippen LogP contribution in [0.1, 0.15) is 53.4 Å². The highest BCUT2D eigenvalue weighted by molar-refractivity contribution is 8.00. The summed E-state index contributed by atoms with van der Waals surface area (Å²) in [6, 6.07) is 0. The third kappa shape index (κ3) is 6.74. The molecule has 11 heavy (non-hydrogen) atoms. The van der Waals surface area contributed by atoms with Crippen LogP contribution in [0.2, 0.25) is 0 Å². The maximum Gasteiger partial charge on any atom is 0.00213 e. The summed E-state index contributed by atoms with van der Waals surface area (Å²) in [7, 11) is 0. The second-order valence-corrected chi connectivity index (χ2v) is 5.19. The molecule has 68 valence electrons. The quantitative estimate of drug-likeness (QED) is 0.584. The average molecular weight is 174 g/mol. The normalized spacial score (nSPS) is 16.4. The topological polar surface area (TPSA) is 0 Å². The smallest absolute Gasteiger partial charge is 0.00213 e. The van der Waals surface area contributed by atoms with Gasteiger partial charge in [0.25, 0.3) is 0 Å². The molecule has 0 spiro atoms. The standard InChI is InChI=1S/C10H22S/c1-5-7-8-10(4)11-9(3)6-2/h9-10H,5-8H2,1-4H3. The lowest BCUT2D eigenvalue weighted by Gasteiger charge is -2.14. The minimum atomic E-state index is 0.849. The van der Waals surface area contributed by atoms with E-state index < -0.39 is 0 Å². The maximum absolute atomic E-state index is 2.35. The van der Waals surface area contributed by atoms with Gasteiger partial charge in [0.2, 0.25) is 0 Å². The van der Waals surface area contributed by atoms with Gasteiger partial charge in [-0.2, -0.15) is 11.8 Å². The Kier molecular flexibility index (Phi) is 7.25. The number of thioether (sulfide) groups is 1. The van der Waals surface area contributed by atoms with Gasteiger partial charge in [0.05, 0.1) is 0 Å². The van der Waals surface area contributed by atoms with Crippen LogP contribution in [0.5, 0.6) is 0 Å². The fourth-order valence-electron chi connectivity index (χ4n) is 1.05. The van der Waals surface area contributed by atoms with Gasteiger partial charge in [-0.25, -0.2) is 0 Å². The van der Waals surface area contributed by atoms with Crippen molar-refractivity contribution in [3.05, 3.63) is 0 Å². The lowest BCUT2D eigenvalue weighted by molar-refractivity contribution is 0.709. The molecule has 0 aliphatic heterocycles. The van der Waals surface area contributed by atoms with Gasteiger partial charge in [0.15, 0.2) is 0 Å². The zero-order chi connectivity index (χ0) is 8.69. The van der Waals surface area contributed by atoms with Gasteiger partial charge in [-0.3, -0.25) is 0 Å². The number of hydrogen-bond donors (Lipinski definition) is 0. The van der Waals surface area contributed by atoms with Crippen LogP contribution in [0, 0.1) is 0 Å². The van der Waals surface area contributed by atoms with Crippen molar-refractivity contribution in [1.29, 1.82) is 0 Å². The largest absolute Gasteiger partial charge is 0.156 e. The first-order valence-corrected chi connectivity index (χ1v) is 5.80. The van der Waals surface area contributed by atoms with Crippen molar-refractivity contribution in [3.63, 3.8) is 0 Å². The number of unbranched alkanes of at least 4 members (excludes halogenated alkanes) is 1. The molecule has 0 saturated heterocycles. The van der Waals surface area contributed by atoms with E-state index in [0.717, 1.165) is 10.5 Å². The summed E-state index contributed by atoms with van der Waals surface area (Å²) >= 11 is 2.14. The molecule has 0 aromatic rings. The van der Waals surface area contributed by atoms with Crippen molar-refractivity contribution in [2.45, 2.75) is 63.9 Å². The summed E-state index contributed by atoms with van der Waals surface area (Å²) in [5.41, 5.74) is 0. The molecular weight excluding hydrogens is 152 g/mol. The summed E-state index contributed by atoms with van der Waals surface area (Å²) < 4.78 is 0. The summed E-state index contributed by atoms with van der Waals surface area (Å²) in [4.78, 5) is 0. The molecule has 1 heteroatoms. The SMILES string of the molecule is CCCCC(C)SC(C)CC. The van der Waals surface area contributed by atoms with Gasteiger partial charge in [0, 0.05) is 10.5 Å². The van der Waals surface area contributed by atoms with Crippen LogP contribution in [-0.2, 0) is 0 Å². The van der Waals surface area contributed by atoms with Gasteiger partial charge < -0.3 is 0 Å². The zero-order valence-electron chi connectivity index (χ0n) is 8.39. The molecule has 0 nitrogen and oxygen atoms in total. The second-order valence-electron chi connectivity index (χ2n) is 3.31. The Hall–Kier alpha value is 0.350. The third-order valence-electron chi connectivity index (χ3n) is 2.00. The highest BCUT2D eigenvalue weighted by atomic mass is 32.2. The molecule has 0 fully saturated rings. The maximum atomic E-state index is 2.35. The van der Waals surface area contributed by atoms with Crippen molar-refractivity contribution in [2.75, 3.05) is 0 Å². The van der Waals surface area contributed by atoms with E-state index in [9.17, 15) is 0 Å². The Balaban J connectivity index is 3.27. The van der Waals surface area contributed by atoms with E-state index in [1.807, 2.05) is 0 Å². The van der Waals surface area contributed by atoms with Crippen molar-refractivity contribution >= 4 is 11.8 Å². The fourth-order valence-corrected chi connectivity index (χ4v) is 2.34. The Labute approximate surface area is 76.1 Å². The molecule has 0 aliphatic carbocycles. The predicted octanol–water partition coefficient (Wildman–Crippen LogP) is 4.10. The Bertz CT molecular complexity index is 80.9. The zero-order valence-corrected chi connectivity index (χ0v) is 9.21. The molecule has 0 aromatic heterocycles. The molecule has 0 N–H and O–H groups in total. The van der Waals surface area contributed by atoms with Gasteiger partial charge >= 0.3 is 0 Å². The second kappa shape index (κ2) is 7.02. The average Bonchev–Trinajstić information content (AvgIpc) is 2.00. The van der Waals surface area contributed by atoms with Gasteiger partial charge in [-0.15, -0.1) is 0 Å². The van der Waals surface area contributed by atoms with Crippen molar-refractivity contribution in [3.8, 4) is 0 Å². The first kappa shape index (κ1) is 11.4. The van der Waals surface area contributed by atoms with E-state index in [0.29, 0.717) is 0 Å². The molecule has 2 atom stereocenters. The van der Waals surface area contributed by atoms with Crippen LogP contribution in [0.15, 0.2) is 0 Å². The predicted molar refractivity (Wildman–Crippen MR) is 56.3 cm³/mol. The summed E-state index contributed by atoms with van der Waals surface area (Å²) in [5, 5.41) is 1.71. The van der Waals surface area contributed by atoms with Gasteiger partial charge in [0.1, 0.15) is 0 Å². The molecule has 0 amide bonds. The minimum absolute atomic E-state index is 0.849. The number of hydrogen-bond acceptors (Lipinski definition) is 1. The highest BCUT2D eigenvalue weighted by Crippen LogP contribution is 2.23. The highest BCUT2D eigenvalue weighted by Gasteiger charge is 2.05. The third-order valence-corrected chi connectivity index (χ3v) is 3.50. The molecule has 0 heterocycles. The van der Waals surface area contributed by atoms with E-state index in [1.165, 1.54) is 25.7 Å². The first-order valence-electron chi connectivity index (χ1n) is 4.86. The monoisotopic (exact) mass is 174 g/mol. The fraction of sp³-hybridized carbons (Fsp3) is 1.00. The summed E-state index contributed by atoms with van der Waals surface area (Å²) in [6.45, 7) is 9.21. The molecule has 0 radical (unpaired) electrons. The molecule has 0 rings (SSSR count). The summed E-state index contributed by atoms with van der Waals surface area (Å²) in [6.07, 6.45) is 5.43. The van der Waals surface area contributed by atoms with Crippen molar-refractivity contribution in [2.24, 2.45) is 0 Å². The van der Waals surface area contributed by atoms with Crippen LogP contribution >= 0.6 is 11.8 Å². The van der Waals surface area contributed by atoms with Crippen molar-refractivity contribution < 1.29 is 0 Å². The van der Waals surface area contributed by atoms with E-state index in [4.69, 9.17) is 0 Å². The van der Waals surface area contributed by atoms with Crippen LogP contribution in [0.3, 0.4) is 0 Å². The van der Waals surface area contributed by atoms with E-state index in [-0.39, 0.29) is 0 Å². The molecule has 0 aliphatic rings. The molecule has 0 bridgehead atoms. The molecule has 2 unspecified atom stereocenters. The lowest BCUT2D eigenvalue weighted by Crippen LogP contribution is -2.03. The van der Waals surface area contributed by atoms with Crippen LogP contribution in [0.25, 0.3) is 0 Å². The molecule has 0 aromatic carbocycles. The van der Waals surface area contributed by atoms with Crippen LogP contribution < -0.4 is 0 Å². The Morgan fingerprint density at radius 2 is 1.73 bits per heavy atom. The molecular formula is C10H22S. The van der Waals surface area contributed by atoms with E-state index in [1.54, 1.807) is 0 Å². The summed E-state index contributed by atoms with van der Waals surface area (Å²) in [5.74, 6) is 0. The first-order chi connectivity index (χ1) is 5.20.